The normalized spacial score (nSPS) is 23.2. The molecule has 1 amide bonds. The van der Waals surface area contributed by atoms with E-state index in [1.165, 1.54) is 0 Å². The number of hydrogen-bond acceptors (Lipinski definition) is 7. The van der Waals surface area contributed by atoms with Gasteiger partial charge >= 0.3 is 0 Å². The number of amides is 1. The largest absolute Gasteiger partial charge is 0.474 e. The fourth-order valence-corrected chi connectivity index (χ4v) is 3.86. The van der Waals surface area contributed by atoms with E-state index in [4.69, 9.17) is 10.5 Å². The lowest BCUT2D eigenvalue weighted by atomic mass is 9.93. The number of alkyl halides is 2. The average Bonchev–Trinajstić information content (AvgIpc) is 3.10. The van der Waals surface area contributed by atoms with Gasteiger partial charge in [0, 0.05) is 31.4 Å². The molecule has 0 bridgehead atoms. The van der Waals surface area contributed by atoms with Crippen molar-refractivity contribution in [3.05, 3.63) is 36.2 Å². The van der Waals surface area contributed by atoms with E-state index in [0.29, 0.717) is 11.8 Å². The van der Waals surface area contributed by atoms with Crippen LogP contribution in [0.25, 0.3) is 0 Å². The Hall–Kier alpha value is -3.04. The maximum absolute atomic E-state index is 13.5. The maximum Gasteiger partial charge on any atom is 0.266 e. The molecule has 0 radical (unpaired) electrons. The summed E-state index contributed by atoms with van der Waals surface area (Å²) in [6.45, 7) is -0.0283. The Bertz CT molecular complexity index is 904. The van der Waals surface area contributed by atoms with Gasteiger partial charge in [0.05, 0.1) is 6.54 Å². The van der Waals surface area contributed by atoms with Crippen molar-refractivity contribution >= 4 is 17.7 Å². The number of nitrogens with zero attached hydrogens (tertiary/aromatic N) is 4. The van der Waals surface area contributed by atoms with Crippen LogP contribution in [0, 0.1) is 0 Å². The summed E-state index contributed by atoms with van der Waals surface area (Å²) in [7, 11) is 0. The summed E-state index contributed by atoms with van der Waals surface area (Å²) in [5.41, 5.74) is 5.65. The first-order chi connectivity index (χ1) is 14.4. The second-order valence-corrected chi connectivity index (χ2v) is 7.72. The quantitative estimate of drug-likeness (QED) is 0.743. The molecule has 2 aromatic heterocycles. The molecule has 1 aliphatic carbocycles. The molecule has 3 heterocycles. The van der Waals surface area contributed by atoms with Gasteiger partial charge in [-0.05, 0) is 43.9 Å². The van der Waals surface area contributed by atoms with Crippen molar-refractivity contribution in [2.24, 2.45) is 5.73 Å². The second-order valence-electron chi connectivity index (χ2n) is 7.72. The van der Waals surface area contributed by atoms with Gasteiger partial charge in [0.15, 0.2) is 0 Å². The van der Waals surface area contributed by atoms with Crippen molar-refractivity contribution in [1.82, 2.24) is 15.0 Å². The number of rotatable bonds is 6. The molecule has 0 unspecified atom stereocenters. The molecule has 8 nitrogen and oxygen atoms in total. The van der Waals surface area contributed by atoms with Crippen molar-refractivity contribution in [1.29, 1.82) is 0 Å². The fraction of sp³-hybridized carbons (Fsp3) is 0.500. The number of nitrogens with one attached hydrogen (secondary N) is 1. The van der Waals surface area contributed by atoms with E-state index in [1.807, 2.05) is 0 Å². The number of anilines is 2. The molecule has 2 aliphatic rings. The second kappa shape index (κ2) is 8.37. The third kappa shape index (κ3) is 4.74. The molecule has 1 saturated heterocycles. The minimum Gasteiger partial charge on any atom is -0.474 e. The third-order valence-corrected chi connectivity index (χ3v) is 5.46. The van der Waals surface area contributed by atoms with E-state index in [9.17, 15) is 13.6 Å². The Morgan fingerprint density at radius 1 is 1.20 bits per heavy atom. The molecular weight excluding hydrogens is 394 g/mol. The third-order valence-electron chi connectivity index (χ3n) is 5.46. The molecular formula is C20H24F2N6O2. The Morgan fingerprint density at radius 3 is 2.70 bits per heavy atom. The number of primary amides is 1. The molecule has 0 atom stereocenters. The van der Waals surface area contributed by atoms with Crippen LogP contribution < -0.4 is 20.7 Å². The molecule has 10 heteroatoms. The zero-order chi connectivity index (χ0) is 21.1. The van der Waals surface area contributed by atoms with E-state index >= 15 is 0 Å². The number of nitrogens with two attached hydrogens (primary N) is 1. The summed E-state index contributed by atoms with van der Waals surface area (Å²) in [5.74, 6) is -2.02. The highest BCUT2D eigenvalue weighted by Gasteiger charge is 2.38. The van der Waals surface area contributed by atoms with Gasteiger partial charge in [-0.15, -0.1) is 0 Å². The van der Waals surface area contributed by atoms with Crippen molar-refractivity contribution in [3.8, 4) is 5.88 Å². The van der Waals surface area contributed by atoms with Crippen LogP contribution in [0.4, 0.5) is 20.5 Å². The molecule has 160 valence electrons. The minimum atomic E-state index is -2.67. The molecule has 1 aliphatic heterocycles. The van der Waals surface area contributed by atoms with Crippen LogP contribution in [0.5, 0.6) is 5.88 Å². The highest BCUT2D eigenvalue weighted by Crippen LogP contribution is 2.30. The van der Waals surface area contributed by atoms with Crippen LogP contribution in [-0.4, -0.2) is 52.0 Å². The summed E-state index contributed by atoms with van der Waals surface area (Å²) >= 11 is 0. The van der Waals surface area contributed by atoms with Crippen molar-refractivity contribution in [2.75, 3.05) is 23.3 Å². The van der Waals surface area contributed by atoms with E-state index in [-0.39, 0.29) is 43.1 Å². The van der Waals surface area contributed by atoms with Crippen LogP contribution in [0.1, 0.15) is 42.5 Å². The lowest BCUT2D eigenvalue weighted by Gasteiger charge is -2.29. The number of hydrogen-bond donors (Lipinski definition) is 2. The first-order valence-electron chi connectivity index (χ1n) is 10.0. The van der Waals surface area contributed by atoms with Gasteiger partial charge in [0.25, 0.3) is 11.8 Å². The molecule has 2 aromatic rings. The maximum atomic E-state index is 13.5. The predicted octanol–water partition coefficient (Wildman–Crippen LogP) is 2.62. The van der Waals surface area contributed by atoms with Crippen LogP contribution >= 0.6 is 0 Å². The number of carbonyl (C=O) groups excluding carboxylic acids is 1. The summed E-state index contributed by atoms with van der Waals surface area (Å²) in [6.07, 6.45) is 6.11. The van der Waals surface area contributed by atoms with Crippen molar-refractivity contribution < 1.29 is 18.3 Å². The SMILES string of the molecule is NC(=O)c1cccnc1O[C@H]1CC[C@H](Nc2nccc(N3CCC(F)(F)C3)n2)CC1. The molecule has 1 saturated carbocycles. The number of pyridine rings is 1. The average molecular weight is 418 g/mol. The first kappa shape index (κ1) is 20.2. The topological polar surface area (TPSA) is 106 Å². The number of carbonyl (C=O) groups is 1. The molecule has 0 aromatic carbocycles. The van der Waals surface area contributed by atoms with Crippen LogP contribution in [0.2, 0.25) is 0 Å². The zero-order valence-corrected chi connectivity index (χ0v) is 16.4. The zero-order valence-electron chi connectivity index (χ0n) is 16.4. The number of aromatic nitrogens is 3. The Morgan fingerprint density at radius 2 is 2.00 bits per heavy atom. The number of ether oxygens (including phenoxy) is 1. The monoisotopic (exact) mass is 418 g/mol. The van der Waals surface area contributed by atoms with Gasteiger partial charge in [-0.2, -0.15) is 4.98 Å². The minimum absolute atomic E-state index is 0.0601. The van der Waals surface area contributed by atoms with Gasteiger partial charge in [-0.1, -0.05) is 0 Å². The Balaban J connectivity index is 1.31. The van der Waals surface area contributed by atoms with Gasteiger partial charge in [0.2, 0.25) is 11.8 Å². The molecule has 4 rings (SSSR count). The lowest BCUT2D eigenvalue weighted by Crippen LogP contribution is -2.32. The predicted molar refractivity (Wildman–Crippen MR) is 107 cm³/mol. The summed E-state index contributed by atoms with van der Waals surface area (Å²) in [6, 6.07) is 5.05. The standard InChI is InChI=1S/C20H24F2N6O2/c21-20(22)8-11-28(12-20)16-7-10-25-19(27-16)26-13-3-5-14(6-4-13)30-18-15(17(23)29)2-1-9-24-18/h1-2,7,9-10,13-14H,3-6,8,11-12H2,(H2,23,29)(H,25,26,27)/t13-,14-. The summed E-state index contributed by atoms with van der Waals surface area (Å²) < 4.78 is 32.8. The summed E-state index contributed by atoms with van der Waals surface area (Å²) in [4.78, 5) is 25.9. The van der Waals surface area contributed by atoms with Crippen LogP contribution in [0.3, 0.4) is 0 Å². The fourth-order valence-electron chi connectivity index (χ4n) is 3.86. The van der Waals surface area contributed by atoms with Crippen molar-refractivity contribution in [2.45, 2.75) is 50.2 Å². The first-order valence-corrected chi connectivity index (χ1v) is 10.0. The Labute approximate surface area is 172 Å². The van der Waals surface area contributed by atoms with Gasteiger partial charge < -0.3 is 20.7 Å². The highest BCUT2D eigenvalue weighted by molar-refractivity contribution is 5.94. The number of halogens is 2. The smallest absolute Gasteiger partial charge is 0.266 e. The molecule has 3 N–H and O–H groups in total. The molecule has 2 fully saturated rings. The van der Waals surface area contributed by atoms with E-state index < -0.39 is 11.8 Å². The van der Waals surface area contributed by atoms with Gasteiger partial charge in [-0.3, -0.25) is 4.79 Å². The lowest BCUT2D eigenvalue weighted by molar-refractivity contribution is 0.0256. The van der Waals surface area contributed by atoms with Gasteiger partial charge in [0.1, 0.15) is 17.5 Å². The molecule has 0 spiro atoms. The van der Waals surface area contributed by atoms with Crippen molar-refractivity contribution in [3.63, 3.8) is 0 Å². The van der Waals surface area contributed by atoms with Crippen LogP contribution in [0.15, 0.2) is 30.6 Å². The van der Waals surface area contributed by atoms with E-state index in [2.05, 4.69) is 20.3 Å². The molecule has 30 heavy (non-hydrogen) atoms. The summed E-state index contributed by atoms with van der Waals surface area (Å²) in [5, 5.41) is 3.30. The highest BCUT2D eigenvalue weighted by atomic mass is 19.3. The Kier molecular flexibility index (Phi) is 5.65. The van der Waals surface area contributed by atoms with Gasteiger partial charge in [-0.25, -0.2) is 18.7 Å². The van der Waals surface area contributed by atoms with E-state index in [0.717, 1.165) is 25.7 Å². The van der Waals surface area contributed by atoms with E-state index in [1.54, 1.807) is 35.5 Å². The van der Waals surface area contributed by atoms with Crippen LogP contribution in [-0.2, 0) is 0 Å².